The summed E-state index contributed by atoms with van der Waals surface area (Å²) in [5.41, 5.74) is 1.85. The summed E-state index contributed by atoms with van der Waals surface area (Å²) in [4.78, 5) is 26.0. The van der Waals surface area contributed by atoms with Gasteiger partial charge in [-0.15, -0.1) is 0 Å². The molecule has 0 bridgehead atoms. The number of rotatable bonds is 3. The number of aryl methyl sites for hydroxylation is 1. The lowest BCUT2D eigenvalue weighted by molar-refractivity contribution is 0.967. The van der Waals surface area contributed by atoms with Gasteiger partial charge >= 0.3 is 0 Å². The van der Waals surface area contributed by atoms with Crippen LogP contribution in [0.4, 0.5) is 11.8 Å². The summed E-state index contributed by atoms with van der Waals surface area (Å²) in [6, 6.07) is 16.2. The van der Waals surface area contributed by atoms with E-state index in [-0.39, 0.29) is 5.56 Å². The summed E-state index contributed by atoms with van der Waals surface area (Å²) < 4.78 is 1.51. The molecule has 4 rings (SSSR count). The highest BCUT2D eigenvalue weighted by Gasteiger charge is 2.14. The minimum atomic E-state index is -0.211. The number of hydrogen-bond acceptors (Lipinski definition) is 5. The lowest BCUT2D eigenvalue weighted by Crippen LogP contribution is -2.23. The number of hydrogen-bond donors (Lipinski definition) is 1. The van der Waals surface area contributed by atoms with E-state index in [1.54, 1.807) is 24.3 Å². The molecule has 2 aromatic heterocycles. The molecule has 6 nitrogen and oxygen atoms in total. The first-order valence-corrected chi connectivity index (χ1v) is 8.33. The number of benzene rings is 2. The summed E-state index contributed by atoms with van der Waals surface area (Å²) in [7, 11) is 0. The Kier molecular flexibility index (Phi) is 4.10. The molecule has 4 aromatic rings. The molecule has 0 fully saturated rings. The van der Waals surface area contributed by atoms with Crippen molar-refractivity contribution < 1.29 is 0 Å². The largest absolute Gasteiger partial charge is 0.310 e. The van der Waals surface area contributed by atoms with Crippen LogP contribution in [0.5, 0.6) is 0 Å². The van der Waals surface area contributed by atoms with Crippen LogP contribution in [0.25, 0.3) is 16.6 Å². The van der Waals surface area contributed by atoms with E-state index in [2.05, 4.69) is 20.3 Å². The molecule has 2 aromatic carbocycles. The normalized spacial score (nSPS) is 10.8. The van der Waals surface area contributed by atoms with Gasteiger partial charge in [-0.1, -0.05) is 29.8 Å². The van der Waals surface area contributed by atoms with E-state index in [0.717, 1.165) is 5.69 Å². The SMILES string of the molecule is Cc1cc(Nc2nc3ccc(Cl)cc3c(=O)n2-c2ccccc2)ncn1. The van der Waals surface area contributed by atoms with Gasteiger partial charge in [-0.05, 0) is 37.3 Å². The fourth-order valence-corrected chi connectivity index (χ4v) is 2.87. The van der Waals surface area contributed by atoms with Gasteiger partial charge in [0.25, 0.3) is 5.56 Å². The van der Waals surface area contributed by atoms with E-state index in [4.69, 9.17) is 11.6 Å². The summed E-state index contributed by atoms with van der Waals surface area (Å²) in [6.45, 7) is 1.87. The first kappa shape index (κ1) is 16.2. The monoisotopic (exact) mass is 363 g/mol. The zero-order valence-electron chi connectivity index (χ0n) is 13.8. The second-order valence-corrected chi connectivity index (χ2v) is 6.18. The molecule has 0 atom stereocenters. The zero-order valence-corrected chi connectivity index (χ0v) is 14.6. The predicted octanol–water partition coefficient (Wildman–Crippen LogP) is 3.88. The van der Waals surface area contributed by atoms with Crippen molar-refractivity contribution >= 4 is 34.3 Å². The first-order valence-electron chi connectivity index (χ1n) is 7.95. The van der Waals surface area contributed by atoms with Crippen molar-refractivity contribution in [1.29, 1.82) is 0 Å². The molecule has 128 valence electrons. The van der Waals surface area contributed by atoms with Crippen molar-refractivity contribution in [2.75, 3.05) is 5.32 Å². The number of nitrogens with one attached hydrogen (secondary N) is 1. The van der Waals surface area contributed by atoms with Crippen LogP contribution in [-0.2, 0) is 0 Å². The fraction of sp³-hybridized carbons (Fsp3) is 0.0526. The molecule has 0 amide bonds. The maximum absolute atomic E-state index is 13.2. The Morgan fingerprint density at radius 1 is 1.04 bits per heavy atom. The smallest absolute Gasteiger partial charge is 0.267 e. The maximum atomic E-state index is 13.2. The Balaban J connectivity index is 1.98. The molecule has 0 aliphatic carbocycles. The van der Waals surface area contributed by atoms with Crippen molar-refractivity contribution in [3.05, 3.63) is 82.0 Å². The maximum Gasteiger partial charge on any atom is 0.267 e. The van der Waals surface area contributed by atoms with Gasteiger partial charge in [0, 0.05) is 16.8 Å². The van der Waals surface area contributed by atoms with E-state index in [0.29, 0.717) is 33.4 Å². The van der Waals surface area contributed by atoms with Crippen LogP contribution in [0.15, 0.2) is 65.7 Å². The van der Waals surface area contributed by atoms with Gasteiger partial charge in [-0.25, -0.2) is 19.5 Å². The van der Waals surface area contributed by atoms with Crippen molar-refractivity contribution in [2.24, 2.45) is 0 Å². The molecular weight excluding hydrogens is 350 g/mol. The number of anilines is 2. The molecule has 1 N–H and O–H groups in total. The third kappa shape index (κ3) is 3.02. The number of halogens is 1. The fourth-order valence-electron chi connectivity index (χ4n) is 2.70. The van der Waals surface area contributed by atoms with Crippen LogP contribution in [0.3, 0.4) is 0 Å². The van der Waals surface area contributed by atoms with Crippen LogP contribution >= 0.6 is 11.6 Å². The Hall–Kier alpha value is -3.25. The van der Waals surface area contributed by atoms with Gasteiger partial charge in [0.15, 0.2) is 0 Å². The lowest BCUT2D eigenvalue weighted by Gasteiger charge is -2.14. The van der Waals surface area contributed by atoms with Gasteiger partial charge in [0.2, 0.25) is 5.95 Å². The predicted molar refractivity (Wildman–Crippen MR) is 102 cm³/mol. The van der Waals surface area contributed by atoms with Crippen molar-refractivity contribution in [2.45, 2.75) is 6.92 Å². The number of aromatic nitrogens is 4. The Bertz CT molecular complexity index is 1160. The zero-order chi connectivity index (χ0) is 18.1. The number of para-hydroxylation sites is 1. The standard InChI is InChI=1S/C19H14ClN5O/c1-12-9-17(22-11-21-12)24-19-23-16-8-7-13(20)10-15(16)18(26)25(19)14-5-3-2-4-6-14/h2-11H,1H3,(H,21,22,23,24). The Morgan fingerprint density at radius 2 is 1.85 bits per heavy atom. The van der Waals surface area contributed by atoms with Gasteiger partial charge in [-0.3, -0.25) is 4.79 Å². The second kappa shape index (κ2) is 6.57. The van der Waals surface area contributed by atoms with E-state index < -0.39 is 0 Å². The Labute approximate surface area is 154 Å². The summed E-state index contributed by atoms with van der Waals surface area (Å²) in [6.07, 6.45) is 1.46. The lowest BCUT2D eigenvalue weighted by atomic mass is 10.2. The van der Waals surface area contributed by atoms with Gasteiger partial charge in [0.05, 0.1) is 16.6 Å². The second-order valence-electron chi connectivity index (χ2n) is 5.74. The van der Waals surface area contributed by atoms with Crippen LogP contribution < -0.4 is 10.9 Å². The van der Waals surface area contributed by atoms with Crippen LogP contribution in [0, 0.1) is 6.92 Å². The molecule has 26 heavy (non-hydrogen) atoms. The summed E-state index contributed by atoms with van der Waals surface area (Å²) >= 11 is 6.07. The molecule has 2 heterocycles. The molecule has 0 saturated carbocycles. The first-order chi connectivity index (χ1) is 12.6. The highest BCUT2D eigenvalue weighted by atomic mass is 35.5. The third-order valence-electron chi connectivity index (χ3n) is 3.89. The van der Waals surface area contributed by atoms with E-state index >= 15 is 0 Å². The van der Waals surface area contributed by atoms with Crippen LogP contribution in [0.1, 0.15) is 5.69 Å². The van der Waals surface area contributed by atoms with Gasteiger partial charge < -0.3 is 5.32 Å². The van der Waals surface area contributed by atoms with E-state index in [9.17, 15) is 4.79 Å². The molecule has 0 aliphatic rings. The molecular formula is C19H14ClN5O. The number of fused-ring (bicyclic) bond motifs is 1. The van der Waals surface area contributed by atoms with Crippen LogP contribution in [-0.4, -0.2) is 19.5 Å². The molecule has 0 spiro atoms. The molecule has 0 aliphatic heterocycles. The van der Waals surface area contributed by atoms with Crippen LogP contribution in [0.2, 0.25) is 5.02 Å². The Morgan fingerprint density at radius 3 is 2.62 bits per heavy atom. The topological polar surface area (TPSA) is 72.7 Å². The van der Waals surface area contributed by atoms with Gasteiger partial charge in [-0.2, -0.15) is 0 Å². The summed E-state index contributed by atoms with van der Waals surface area (Å²) in [5.74, 6) is 0.927. The highest BCUT2D eigenvalue weighted by molar-refractivity contribution is 6.31. The minimum Gasteiger partial charge on any atom is -0.310 e. The minimum absolute atomic E-state index is 0.211. The van der Waals surface area contributed by atoms with Crippen molar-refractivity contribution in [3.8, 4) is 5.69 Å². The summed E-state index contributed by atoms with van der Waals surface area (Å²) in [5, 5.41) is 4.07. The average Bonchev–Trinajstić information content (AvgIpc) is 2.63. The third-order valence-corrected chi connectivity index (χ3v) is 4.12. The molecule has 0 saturated heterocycles. The quantitative estimate of drug-likeness (QED) is 0.598. The van der Waals surface area contributed by atoms with E-state index in [1.165, 1.54) is 10.9 Å². The van der Waals surface area contributed by atoms with Crippen molar-refractivity contribution in [3.63, 3.8) is 0 Å². The van der Waals surface area contributed by atoms with Gasteiger partial charge in [0.1, 0.15) is 12.1 Å². The molecule has 0 radical (unpaired) electrons. The molecule has 7 heteroatoms. The molecule has 0 unspecified atom stereocenters. The van der Waals surface area contributed by atoms with Crippen molar-refractivity contribution in [1.82, 2.24) is 19.5 Å². The number of nitrogens with zero attached hydrogens (tertiary/aromatic N) is 4. The van der Waals surface area contributed by atoms with E-state index in [1.807, 2.05) is 37.3 Å². The average molecular weight is 364 g/mol. The highest BCUT2D eigenvalue weighted by Crippen LogP contribution is 2.21.